The largest absolute Gasteiger partial charge is 0.342 e. The first-order valence-electron chi connectivity index (χ1n) is 8.22. The van der Waals surface area contributed by atoms with Gasteiger partial charge in [-0.2, -0.15) is 0 Å². The van der Waals surface area contributed by atoms with Crippen LogP contribution in [0.25, 0.3) is 0 Å². The predicted octanol–water partition coefficient (Wildman–Crippen LogP) is 1.10. The fourth-order valence-corrected chi connectivity index (χ4v) is 3.32. The molecule has 0 radical (unpaired) electrons. The van der Waals surface area contributed by atoms with Crippen LogP contribution >= 0.6 is 0 Å². The molecule has 2 aliphatic heterocycles. The number of amides is 1. The summed E-state index contributed by atoms with van der Waals surface area (Å²) < 4.78 is 1.85. The molecule has 3 heterocycles. The summed E-state index contributed by atoms with van der Waals surface area (Å²) in [5, 5.41) is 0. The Kier molecular flexibility index (Phi) is 4.34. The zero-order chi connectivity index (χ0) is 15.7. The van der Waals surface area contributed by atoms with Crippen LogP contribution in [0.2, 0.25) is 0 Å². The Labute approximate surface area is 131 Å². The molecule has 1 amide bonds. The van der Waals surface area contributed by atoms with Crippen molar-refractivity contribution in [3.8, 4) is 0 Å². The van der Waals surface area contributed by atoms with Crippen molar-refractivity contribution in [3.05, 3.63) is 34.2 Å². The number of carbonyl (C=O) groups excluding carboxylic acids is 1. The number of aromatic nitrogens is 1. The summed E-state index contributed by atoms with van der Waals surface area (Å²) in [6.45, 7) is 8.57. The van der Waals surface area contributed by atoms with Crippen LogP contribution < -0.4 is 5.43 Å². The molecule has 1 aromatic heterocycles. The quantitative estimate of drug-likeness (QED) is 0.840. The molecule has 1 aromatic rings. The Morgan fingerprint density at radius 2 is 1.95 bits per heavy atom. The van der Waals surface area contributed by atoms with E-state index < -0.39 is 0 Å². The zero-order valence-corrected chi connectivity index (χ0v) is 13.5. The van der Waals surface area contributed by atoms with Gasteiger partial charge in [0.1, 0.15) is 6.54 Å². The average molecular weight is 303 g/mol. The molecule has 0 atom stereocenters. The molecular formula is C17H25N3O2. The normalized spacial score (nSPS) is 20.9. The minimum Gasteiger partial charge on any atom is -0.342 e. The molecule has 5 heteroatoms. The molecular weight excluding hydrogens is 278 g/mol. The van der Waals surface area contributed by atoms with E-state index in [0.29, 0.717) is 12.6 Å². The number of rotatable bonds is 3. The van der Waals surface area contributed by atoms with Gasteiger partial charge in [0.05, 0.1) is 0 Å². The fourth-order valence-electron chi connectivity index (χ4n) is 3.32. The van der Waals surface area contributed by atoms with Crippen molar-refractivity contribution in [1.29, 1.82) is 0 Å². The van der Waals surface area contributed by atoms with Crippen molar-refractivity contribution in [1.82, 2.24) is 14.4 Å². The number of aryl methyl sites for hydroxylation is 1. The predicted molar refractivity (Wildman–Crippen MR) is 85.8 cm³/mol. The van der Waals surface area contributed by atoms with Crippen LogP contribution in [0.15, 0.2) is 23.1 Å². The maximum atomic E-state index is 12.3. The van der Waals surface area contributed by atoms with Crippen molar-refractivity contribution in [2.75, 3.05) is 26.2 Å². The van der Waals surface area contributed by atoms with Gasteiger partial charge in [0.2, 0.25) is 5.91 Å². The van der Waals surface area contributed by atoms with Crippen LogP contribution in [-0.2, 0) is 11.3 Å². The lowest BCUT2D eigenvalue weighted by molar-refractivity contribution is -0.139. The third-order valence-electron chi connectivity index (χ3n) is 5.08. The Hall–Kier alpha value is -1.62. The monoisotopic (exact) mass is 303 g/mol. The highest BCUT2D eigenvalue weighted by Crippen LogP contribution is 2.23. The van der Waals surface area contributed by atoms with E-state index in [0.717, 1.165) is 24.7 Å². The molecule has 0 saturated carbocycles. The van der Waals surface area contributed by atoms with Gasteiger partial charge in [-0.1, -0.05) is 6.92 Å². The van der Waals surface area contributed by atoms with Gasteiger partial charge >= 0.3 is 0 Å². The Balaban J connectivity index is 1.50. The Morgan fingerprint density at radius 1 is 1.27 bits per heavy atom. The van der Waals surface area contributed by atoms with Gasteiger partial charge in [0.25, 0.3) is 0 Å². The molecule has 0 aliphatic carbocycles. The van der Waals surface area contributed by atoms with Crippen LogP contribution in [0, 0.1) is 12.8 Å². The second kappa shape index (κ2) is 6.24. The minimum atomic E-state index is -0.00969. The highest BCUT2D eigenvalue weighted by atomic mass is 16.2. The van der Waals surface area contributed by atoms with Crippen LogP contribution in [0.3, 0.4) is 0 Å². The van der Waals surface area contributed by atoms with E-state index in [9.17, 15) is 9.59 Å². The van der Waals surface area contributed by atoms with Crippen molar-refractivity contribution >= 4 is 5.91 Å². The molecule has 5 nitrogen and oxygen atoms in total. The Bertz CT molecular complexity index is 596. The van der Waals surface area contributed by atoms with E-state index >= 15 is 0 Å². The molecule has 3 rings (SSSR count). The molecule has 0 spiro atoms. The van der Waals surface area contributed by atoms with Crippen molar-refractivity contribution < 1.29 is 4.79 Å². The molecule has 0 N–H and O–H groups in total. The van der Waals surface area contributed by atoms with Crippen LogP contribution in [0.4, 0.5) is 0 Å². The summed E-state index contributed by atoms with van der Waals surface area (Å²) in [5.74, 6) is 0.991. The smallest absolute Gasteiger partial charge is 0.242 e. The van der Waals surface area contributed by atoms with E-state index in [-0.39, 0.29) is 11.3 Å². The number of nitrogens with zero attached hydrogens (tertiary/aromatic N) is 3. The van der Waals surface area contributed by atoms with E-state index in [1.807, 2.05) is 16.4 Å². The average Bonchev–Trinajstić information content (AvgIpc) is 2.42. The summed E-state index contributed by atoms with van der Waals surface area (Å²) >= 11 is 0. The maximum absolute atomic E-state index is 12.3. The van der Waals surface area contributed by atoms with Gasteiger partial charge in [0, 0.05) is 43.2 Å². The van der Waals surface area contributed by atoms with Gasteiger partial charge in [-0.05, 0) is 38.8 Å². The number of likely N-dealkylation sites (tertiary alicyclic amines) is 2. The van der Waals surface area contributed by atoms with Gasteiger partial charge in [0.15, 0.2) is 5.43 Å². The van der Waals surface area contributed by atoms with E-state index in [1.165, 1.54) is 32.0 Å². The lowest BCUT2D eigenvalue weighted by Crippen LogP contribution is -2.62. The van der Waals surface area contributed by atoms with Crippen molar-refractivity contribution in [2.24, 2.45) is 5.92 Å². The minimum absolute atomic E-state index is 0.00969. The Morgan fingerprint density at radius 3 is 2.59 bits per heavy atom. The molecule has 120 valence electrons. The highest BCUT2D eigenvalue weighted by molar-refractivity contribution is 5.77. The summed E-state index contributed by atoms with van der Waals surface area (Å²) in [4.78, 5) is 28.0. The van der Waals surface area contributed by atoms with E-state index in [2.05, 4.69) is 11.8 Å². The second-order valence-electron chi connectivity index (χ2n) is 6.80. The van der Waals surface area contributed by atoms with Gasteiger partial charge < -0.3 is 9.47 Å². The van der Waals surface area contributed by atoms with Gasteiger partial charge in [-0.15, -0.1) is 0 Å². The van der Waals surface area contributed by atoms with E-state index in [4.69, 9.17) is 0 Å². The first kappa shape index (κ1) is 15.3. The van der Waals surface area contributed by atoms with E-state index in [1.54, 1.807) is 12.3 Å². The summed E-state index contributed by atoms with van der Waals surface area (Å²) in [5.41, 5.74) is 0.826. The number of carbonyl (C=O) groups is 1. The fraction of sp³-hybridized carbons (Fsp3) is 0.647. The first-order valence-corrected chi connectivity index (χ1v) is 8.22. The number of piperidine rings is 1. The summed E-state index contributed by atoms with van der Waals surface area (Å²) in [7, 11) is 0. The highest BCUT2D eigenvalue weighted by Gasteiger charge is 2.35. The van der Waals surface area contributed by atoms with Crippen LogP contribution in [0.5, 0.6) is 0 Å². The molecule has 22 heavy (non-hydrogen) atoms. The third-order valence-corrected chi connectivity index (χ3v) is 5.08. The van der Waals surface area contributed by atoms with Gasteiger partial charge in [-0.25, -0.2) is 0 Å². The lowest BCUT2D eigenvalue weighted by atomic mass is 9.96. The molecule has 0 unspecified atom stereocenters. The summed E-state index contributed by atoms with van der Waals surface area (Å²) in [6.07, 6.45) is 4.26. The number of hydrogen-bond donors (Lipinski definition) is 0. The standard InChI is InChI=1S/C17H25N3O2/c1-13-3-6-18(7-4-13)15-10-20(11-15)17(22)12-19-8-5-16(21)9-14(19)2/h5,8-9,13,15H,3-4,6-7,10-12H2,1-2H3. The molecule has 0 aromatic carbocycles. The van der Waals surface area contributed by atoms with Gasteiger partial charge in [-0.3, -0.25) is 14.5 Å². The first-order chi connectivity index (χ1) is 10.5. The SMILES string of the molecule is Cc1cc(=O)ccn1CC(=O)N1CC(N2CCC(C)CC2)C1. The lowest BCUT2D eigenvalue weighted by Gasteiger charge is -2.47. The molecule has 0 bridgehead atoms. The molecule has 2 fully saturated rings. The van der Waals surface area contributed by atoms with Crippen molar-refractivity contribution in [3.63, 3.8) is 0 Å². The molecule has 2 aliphatic rings. The molecule has 2 saturated heterocycles. The topological polar surface area (TPSA) is 45.6 Å². The zero-order valence-electron chi connectivity index (χ0n) is 13.5. The third kappa shape index (κ3) is 3.24. The second-order valence-corrected chi connectivity index (χ2v) is 6.80. The summed E-state index contributed by atoms with van der Waals surface area (Å²) in [6, 6.07) is 3.63. The van der Waals surface area contributed by atoms with Crippen LogP contribution in [0.1, 0.15) is 25.5 Å². The number of pyridine rings is 1. The van der Waals surface area contributed by atoms with Crippen LogP contribution in [-0.4, -0.2) is 52.5 Å². The van der Waals surface area contributed by atoms with Crippen molar-refractivity contribution in [2.45, 2.75) is 39.3 Å². The maximum Gasteiger partial charge on any atom is 0.242 e. The number of hydrogen-bond acceptors (Lipinski definition) is 3.